The highest BCUT2D eigenvalue weighted by Crippen LogP contribution is 2.10. The molecular weight excluding hydrogens is 252 g/mol. The largest absolute Gasteiger partial charge is 0.493 e. The van der Waals surface area contributed by atoms with Crippen molar-refractivity contribution in [2.24, 2.45) is 5.92 Å². The monoisotopic (exact) mass is 272 g/mol. The Kier molecular flexibility index (Phi) is 6.08. The average molecular weight is 272 g/mol. The molecule has 0 bridgehead atoms. The Morgan fingerprint density at radius 1 is 0.850 bits per heavy atom. The van der Waals surface area contributed by atoms with Crippen molar-refractivity contribution >= 4 is 0 Å². The van der Waals surface area contributed by atoms with Crippen molar-refractivity contribution in [2.45, 2.75) is 6.61 Å². The van der Waals surface area contributed by atoms with Crippen molar-refractivity contribution in [3.63, 3.8) is 0 Å². The topological polar surface area (TPSA) is 38.7 Å². The van der Waals surface area contributed by atoms with Gasteiger partial charge in [0.1, 0.15) is 5.75 Å². The smallest absolute Gasteiger partial charge is 0.119 e. The molecule has 0 aliphatic heterocycles. The van der Waals surface area contributed by atoms with E-state index in [1.165, 1.54) is 0 Å². The summed E-state index contributed by atoms with van der Waals surface area (Å²) < 4.78 is 11.2. The second-order valence-corrected chi connectivity index (χ2v) is 4.67. The first-order valence-corrected chi connectivity index (χ1v) is 6.79. The van der Waals surface area contributed by atoms with Gasteiger partial charge in [0.25, 0.3) is 0 Å². The molecule has 0 aromatic heterocycles. The van der Waals surface area contributed by atoms with E-state index < -0.39 is 0 Å². The molecular formula is C17H20O3. The van der Waals surface area contributed by atoms with Gasteiger partial charge in [-0.15, -0.1) is 0 Å². The van der Waals surface area contributed by atoms with Crippen LogP contribution >= 0.6 is 0 Å². The third-order valence-corrected chi connectivity index (χ3v) is 2.95. The van der Waals surface area contributed by atoms with Crippen LogP contribution in [0, 0.1) is 5.92 Å². The number of hydrogen-bond acceptors (Lipinski definition) is 3. The van der Waals surface area contributed by atoms with Gasteiger partial charge in [0.15, 0.2) is 0 Å². The van der Waals surface area contributed by atoms with Crippen LogP contribution in [0.1, 0.15) is 5.56 Å². The molecule has 0 aliphatic carbocycles. The van der Waals surface area contributed by atoms with Gasteiger partial charge in [0.2, 0.25) is 0 Å². The number of aliphatic hydroxyl groups is 1. The van der Waals surface area contributed by atoms with Crippen LogP contribution in [-0.2, 0) is 11.3 Å². The van der Waals surface area contributed by atoms with Crippen molar-refractivity contribution in [1.29, 1.82) is 0 Å². The lowest BCUT2D eigenvalue weighted by molar-refractivity contribution is 0.0422. The maximum atomic E-state index is 9.34. The molecule has 2 aromatic carbocycles. The lowest BCUT2D eigenvalue weighted by Crippen LogP contribution is -2.21. The number of hydrogen-bond donors (Lipinski definition) is 1. The first kappa shape index (κ1) is 14.6. The van der Waals surface area contributed by atoms with Crippen LogP contribution < -0.4 is 4.74 Å². The second kappa shape index (κ2) is 8.35. The third kappa shape index (κ3) is 5.03. The highest BCUT2D eigenvalue weighted by atomic mass is 16.5. The molecule has 1 unspecified atom stereocenters. The molecule has 0 fully saturated rings. The van der Waals surface area contributed by atoms with Crippen molar-refractivity contribution in [1.82, 2.24) is 0 Å². The number of para-hydroxylation sites is 1. The Bertz CT molecular complexity index is 470. The van der Waals surface area contributed by atoms with Crippen LogP contribution in [0.5, 0.6) is 5.75 Å². The van der Waals surface area contributed by atoms with Crippen LogP contribution in [0.15, 0.2) is 60.7 Å². The lowest BCUT2D eigenvalue weighted by Gasteiger charge is -2.15. The highest BCUT2D eigenvalue weighted by Gasteiger charge is 2.09. The number of rotatable bonds is 8. The van der Waals surface area contributed by atoms with Gasteiger partial charge in [-0.1, -0.05) is 48.5 Å². The van der Waals surface area contributed by atoms with Crippen molar-refractivity contribution < 1.29 is 14.6 Å². The van der Waals surface area contributed by atoms with Gasteiger partial charge in [-0.05, 0) is 17.7 Å². The van der Waals surface area contributed by atoms with E-state index in [-0.39, 0.29) is 12.5 Å². The van der Waals surface area contributed by atoms with E-state index >= 15 is 0 Å². The Morgan fingerprint density at radius 2 is 1.50 bits per heavy atom. The Labute approximate surface area is 119 Å². The van der Waals surface area contributed by atoms with Gasteiger partial charge in [-0.2, -0.15) is 0 Å². The van der Waals surface area contributed by atoms with E-state index in [4.69, 9.17) is 9.47 Å². The fraction of sp³-hybridized carbons (Fsp3) is 0.294. The van der Waals surface area contributed by atoms with E-state index in [0.29, 0.717) is 19.8 Å². The molecule has 0 saturated heterocycles. The maximum Gasteiger partial charge on any atom is 0.119 e. The van der Waals surface area contributed by atoms with E-state index in [2.05, 4.69) is 0 Å². The molecule has 0 amide bonds. The summed E-state index contributed by atoms with van der Waals surface area (Å²) in [6.45, 7) is 1.55. The Morgan fingerprint density at radius 3 is 2.15 bits per heavy atom. The predicted octanol–water partition coefficient (Wildman–Crippen LogP) is 2.89. The average Bonchev–Trinajstić information content (AvgIpc) is 2.52. The summed E-state index contributed by atoms with van der Waals surface area (Å²) in [7, 11) is 0. The second-order valence-electron chi connectivity index (χ2n) is 4.67. The van der Waals surface area contributed by atoms with Crippen LogP contribution in [0.4, 0.5) is 0 Å². The summed E-state index contributed by atoms with van der Waals surface area (Å²) in [6.07, 6.45) is 0. The Hall–Kier alpha value is -1.84. The molecule has 3 heteroatoms. The van der Waals surface area contributed by atoms with Gasteiger partial charge in [0, 0.05) is 5.92 Å². The van der Waals surface area contributed by atoms with Gasteiger partial charge in [0.05, 0.1) is 26.4 Å². The molecule has 106 valence electrons. The number of aliphatic hydroxyl groups excluding tert-OH is 1. The standard InChI is InChI=1S/C17H20O3/c18-11-16(14-20-17-9-5-2-6-10-17)13-19-12-15-7-3-1-4-8-15/h1-10,16,18H,11-14H2. The molecule has 0 radical (unpaired) electrons. The van der Waals surface area contributed by atoms with Crippen molar-refractivity contribution in [2.75, 3.05) is 19.8 Å². The van der Waals surface area contributed by atoms with Gasteiger partial charge in [-0.25, -0.2) is 0 Å². The van der Waals surface area contributed by atoms with E-state index in [1.807, 2.05) is 60.7 Å². The molecule has 3 nitrogen and oxygen atoms in total. The minimum atomic E-state index is -0.0149. The summed E-state index contributed by atoms with van der Waals surface area (Å²) in [5.41, 5.74) is 1.13. The number of benzene rings is 2. The minimum Gasteiger partial charge on any atom is -0.493 e. The zero-order valence-electron chi connectivity index (χ0n) is 11.4. The third-order valence-electron chi connectivity index (χ3n) is 2.95. The zero-order valence-corrected chi connectivity index (χ0v) is 11.4. The molecule has 0 aliphatic rings. The van der Waals surface area contributed by atoms with E-state index in [0.717, 1.165) is 11.3 Å². The summed E-state index contributed by atoms with van der Waals surface area (Å²) in [4.78, 5) is 0. The molecule has 1 atom stereocenters. The fourth-order valence-corrected chi connectivity index (χ4v) is 1.80. The van der Waals surface area contributed by atoms with Crippen LogP contribution in [-0.4, -0.2) is 24.9 Å². The first-order valence-electron chi connectivity index (χ1n) is 6.79. The predicted molar refractivity (Wildman–Crippen MR) is 78.6 cm³/mol. The Balaban J connectivity index is 1.70. The van der Waals surface area contributed by atoms with Crippen LogP contribution in [0.3, 0.4) is 0 Å². The quantitative estimate of drug-likeness (QED) is 0.803. The fourth-order valence-electron chi connectivity index (χ4n) is 1.80. The molecule has 0 spiro atoms. The SMILES string of the molecule is OCC(COCc1ccccc1)COc1ccccc1. The molecule has 1 N–H and O–H groups in total. The normalized spacial score (nSPS) is 12.1. The van der Waals surface area contributed by atoms with Gasteiger partial charge >= 0.3 is 0 Å². The summed E-state index contributed by atoms with van der Waals surface area (Å²) in [5.74, 6) is 0.799. The molecule has 2 aromatic rings. The zero-order chi connectivity index (χ0) is 14.0. The van der Waals surface area contributed by atoms with Crippen molar-refractivity contribution in [3.05, 3.63) is 66.2 Å². The van der Waals surface area contributed by atoms with Gasteiger partial charge < -0.3 is 14.6 Å². The van der Waals surface area contributed by atoms with Crippen molar-refractivity contribution in [3.8, 4) is 5.75 Å². The lowest BCUT2D eigenvalue weighted by atomic mass is 10.2. The maximum absolute atomic E-state index is 9.34. The van der Waals surface area contributed by atoms with E-state index in [1.54, 1.807) is 0 Å². The molecule has 2 rings (SSSR count). The first-order chi connectivity index (χ1) is 9.88. The number of ether oxygens (including phenoxy) is 2. The van der Waals surface area contributed by atoms with Gasteiger partial charge in [-0.3, -0.25) is 0 Å². The molecule has 20 heavy (non-hydrogen) atoms. The molecule has 0 heterocycles. The van der Waals surface area contributed by atoms with Crippen LogP contribution in [0.2, 0.25) is 0 Å². The summed E-state index contributed by atoms with van der Waals surface area (Å²) in [6, 6.07) is 19.6. The van der Waals surface area contributed by atoms with E-state index in [9.17, 15) is 5.11 Å². The summed E-state index contributed by atoms with van der Waals surface area (Å²) in [5, 5.41) is 9.34. The molecule has 0 saturated carbocycles. The minimum absolute atomic E-state index is 0.0149. The summed E-state index contributed by atoms with van der Waals surface area (Å²) >= 11 is 0. The highest BCUT2D eigenvalue weighted by molar-refractivity contribution is 5.20. The van der Waals surface area contributed by atoms with Crippen LogP contribution in [0.25, 0.3) is 0 Å².